The molecule has 362 valence electrons. The number of thiophene rings is 1. The number of hydrogen-bond acceptors (Lipinski definition) is 14. The third kappa shape index (κ3) is 9.93. The van der Waals surface area contributed by atoms with Crippen LogP contribution in [0.1, 0.15) is 96.4 Å². The molecule has 19 heteroatoms. The van der Waals surface area contributed by atoms with Crippen LogP contribution in [0.15, 0.2) is 77.2 Å². The molecular weight excluding hydrogens is 929 g/mol. The fourth-order valence-electron chi connectivity index (χ4n) is 8.69. The van der Waals surface area contributed by atoms with Crippen LogP contribution in [-0.2, 0) is 19.1 Å². The SMILES string of the molecule is COC(=O)NC1N=C(c2ccc(-c3ccc(OCC(=O)N[C@H](C(=O)N4C[C@H](O)C[C@H]4C(=O)N[C@@H](C)c4ccc(-c5scnc5C)cc4)C(C)(C)C)c(C#N)c3)cc2)c2c(sc(C)c2C)-n2c(C)nnc21. The monoisotopic (exact) mass is 982 g/mol. The summed E-state index contributed by atoms with van der Waals surface area (Å²) in [6.07, 6.45) is -2.43. The number of carbonyl (C=O) groups excluding carboxylic acids is 4. The van der Waals surface area contributed by atoms with E-state index in [-0.39, 0.29) is 30.3 Å². The van der Waals surface area contributed by atoms with Gasteiger partial charge in [0, 0.05) is 29.0 Å². The fraction of sp³-hybridized carbons (Fsp3) is 0.353. The minimum absolute atomic E-state index is 0.0470. The number of carbonyl (C=O) groups is 4. The number of ether oxygens (including phenoxy) is 2. The Hall–Kier alpha value is -7.27. The molecule has 3 aromatic carbocycles. The summed E-state index contributed by atoms with van der Waals surface area (Å²) in [6, 6.07) is 20.4. The third-order valence-electron chi connectivity index (χ3n) is 12.6. The molecule has 1 fully saturated rings. The number of likely N-dealkylation sites (tertiary alicyclic amines) is 1. The van der Waals surface area contributed by atoms with E-state index in [0.717, 1.165) is 59.4 Å². The lowest BCUT2D eigenvalue weighted by molar-refractivity contribution is -0.144. The van der Waals surface area contributed by atoms with Crippen LogP contribution in [0.5, 0.6) is 5.75 Å². The summed E-state index contributed by atoms with van der Waals surface area (Å²) in [7, 11) is 1.28. The van der Waals surface area contributed by atoms with E-state index in [0.29, 0.717) is 17.4 Å². The lowest BCUT2D eigenvalue weighted by atomic mass is 9.85. The van der Waals surface area contributed by atoms with Crippen LogP contribution in [0.3, 0.4) is 0 Å². The van der Waals surface area contributed by atoms with Gasteiger partial charge in [-0.25, -0.2) is 9.78 Å². The molecule has 0 spiro atoms. The summed E-state index contributed by atoms with van der Waals surface area (Å²) in [5.74, 6) is -0.253. The lowest BCUT2D eigenvalue weighted by Gasteiger charge is -2.35. The number of benzene rings is 3. The van der Waals surface area contributed by atoms with Gasteiger partial charge in [-0.05, 0) is 80.0 Å². The number of nitrogens with one attached hydrogen (secondary N) is 3. The fourth-order valence-corrected chi connectivity index (χ4v) is 10.7. The second-order valence-corrected chi connectivity index (χ2v) is 20.5. The predicted octanol–water partition coefficient (Wildman–Crippen LogP) is 7.18. The predicted molar refractivity (Wildman–Crippen MR) is 266 cm³/mol. The average Bonchev–Trinajstić information content (AvgIpc) is 4.11. The van der Waals surface area contributed by atoms with Gasteiger partial charge in [-0.1, -0.05) is 75.4 Å². The van der Waals surface area contributed by atoms with Gasteiger partial charge in [-0.2, -0.15) is 5.26 Å². The number of hydrogen-bond donors (Lipinski definition) is 4. The Morgan fingerprint density at radius 2 is 1.63 bits per heavy atom. The zero-order valence-corrected chi connectivity index (χ0v) is 41.9. The molecule has 6 aromatic rings. The van der Waals surface area contributed by atoms with Crippen molar-refractivity contribution in [2.45, 2.75) is 92.2 Å². The van der Waals surface area contributed by atoms with Gasteiger partial charge in [0.1, 0.15) is 34.7 Å². The van der Waals surface area contributed by atoms with E-state index in [2.05, 4.69) is 37.2 Å². The quantitative estimate of drug-likeness (QED) is 0.0961. The van der Waals surface area contributed by atoms with Crippen molar-refractivity contribution in [1.29, 1.82) is 5.26 Å². The van der Waals surface area contributed by atoms with E-state index in [4.69, 9.17) is 14.5 Å². The number of fused-ring (bicyclic) bond motifs is 3. The Balaban J connectivity index is 0.936. The number of aliphatic hydroxyl groups is 1. The maximum absolute atomic E-state index is 14.3. The first kappa shape index (κ1) is 49.2. The molecule has 0 radical (unpaired) electrons. The van der Waals surface area contributed by atoms with E-state index >= 15 is 0 Å². The summed E-state index contributed by atoms with van der Waals surface area (Å²) >= 11 is 3.15. The number of aliphatic hydroxyl groups excluding tert-OH is 1. The summed E-state index contributed by atoms with van der Waals surface area (Å²) in [4.78, 5) is 66.9. The van der Waals surface area contributed by atoms with Crippen molar-refractivity contribution < 1.29 is 33.8 Å². The summed E-state index contributed by atoms with van der Waals surface area (Å²) in [6.45, 7) is 14.6. The lowest BCUT2D eigenvalue weighted by Crippen LogP contribution is -2.58. The zero-order chi connectivity index (χ0) is 50.2. The zero-order valence-electron chi connectivity index (χ0n) is 40.3. The minimum atomic E-state index is -1.08. The number of aryl methyl sites for hydroxylation is 3. The van der Waals surface area contributed by atoms with Crippen LogP contribution in [-0.4, -0.2) is 97.7 Å². The number of β-amino-alcohol motifs (C(OH)–C–C–N with tert-alkyl or cyclic N) is 1. The number of aliphatic imine (C=N–C) groups is 1. The van der Waals surface area contributed by atoms with Crippen LogP contribution in [0.25, 0.3) is 26.6 Å². The molecular formula is C51H54N10O7S2. The van der Waals surface area contributed by atoms with Gasteiger partial charge in [-0.3, -0.25) is 29.3 Å². The van der Waals surface area contributed by atoms with Crippen molar-refractivity contribution in [3.05, 3.63) is 122 Å². The van der Waals surface area contributed by atoms with Gasteiger partial charge in [0.2, 0.25) is 11.8 Å². The molecule has 8 rings (SSSR count). The van der Waals surface area contributed by atoms with Crippen LogP contribution in [0, 0.1) is 44.4 Å². The molecule has 2 aliphatic heterocycles. The highest BCUT2D eigenvalue weighted by Gasteiger charge is 2.45. The molecule has 4 N–H and O–H groups in total. The second-order valence-electron chi connectivity index (χ2n) is 18.5. The Morgan fingerprint density at radius 1 is 0.943 bits per heavy atom. The first-order valence-electron chi connectivity index (χ1n) is 22.7. The van der Waals surface area contributed by atoms with Crippen LogP contribution < -0.4 is 20.7 Å². The Kier molecular flexibility index (Phi) is 14.0. The highest BCUT2D eigenvalue weighted by Crippen LogP contribution is 2.39. The Labute approximate surface area is 413 Å². The molecule has 17 nitrogen and oxygen atoms in total. The van der Waals surface area contributed by atoms with Gasteiger partial charge < -0.3 is 30.1 Å². The molecule has 0 bridgehead atoms. The highest BCUT2D eigenvalue weighted by molar-refractivity contribution is 7.15. The van der Waals surface area contributed by atoms with E-state index in [1.54, 1.807) is 67.2 Å². The maximum atomic E-state index is 14.3. The first-order valence-corrected chi connectivity index (χ1v) is 24.4. The second kappa shape index (κ2) is 20.0. The Bertz CT molecular complexity index is 3050. The van der Waals surface area contributed by atoms with Crippen molar-refractivity contribution in [3.8, 4) is 38.4 Å². The van der Waals surface area contributed by atoms with Crippen molar-refractivity contribution in [2.24, 2.45) is 10.4 Å². The molecule has 0 aliphatic carbocycles. The van der Waals surface area contributed by atoms with Crippen molar-refractivity contribution in [3.63, 3.8) is 0 Å². The van der Waals surface area contributed by atoms with Crippen molar-refractivity contribution in [1.82, 2.24) is 40.6 Å². The average molecular weight is 983 g/mol. The van der Waals surface area contributed by atoms with Gasteiger partial charge in [-0.15, -0.1) is 32.9 Å². The smallest absolute Gasteiger partial charge is 0.408 e. The van der Waals surface area contributed by atoms with E-state index in [1.807, 2.05) is 87.7 Å². The highest BCUT2D eigenvalue weighted by atomic mass is 32.1. The molecule has 3 aromatic heterocycles. The van der Waals surface area contributed by atoms with Crippen molar-refractivity contribution >= 4 is 52.2 Å². The number of thiazole rings is 1. The van der Waals surface area contributed by atoms with E-state index < -0.39 is 60.2 Å². The van der Waals surface area contributed by atoms with E-state index in [9.17, 15) is 29.5 Å². The molecule has 2 aliphatic rings. The number of rotatable bonds is 12. The number of nitrogens with zero attached hydrogens (tertiary/aromatic N) is 7. The first-order chi connectivity index (χ1) is 33.4. The number of alkyl carbamates (subject to hydrolysis) is 1. The largest absolute Gasteiger partial charge is 0.482 e. The maximum Gasteiger partial charge on any atom is 0.408 e. The summed E-state index contributed by atoms with van der Waals surface area (Å²) < 4.78 is 12.7. The number of nitriles is 1. The topological polar surface area (TPSA) is 226 Å². The number of aromatic nitrogens is 4. The van der Waals surface area contributed by atoms with Gasteiger partial charge in [0.15, 0.2) is 18.6 Å². The standard InChI is InChI=1S/C51H54N10O7S2/c1-26-29(4)70-49-41(26)42(56-45(57-50(66)67-9)46-59-58-30(5)61(46)49)33-14-12-32(13-15-33)35-18-19-39(36(20-35)22-52)68-24-40(63)55-44(51(6,7)8)48(65)60-23-37(62)21-38(60)47(64)54-27(2)31-10-16-34(17-11-31)43-28(3)53-25-69-43/h10-20,25,27,37-38,44-45,62H,21,23-24H2,1-9H3,(H,54,64)(H,55,63)(H,57,66)/t27-,37+,38-,44+,45?/m0/s1. The molecule has 0 saturated carbocycles. The van der Waals surface area contributed by atoms with Gasteiger partial charge in [0.05, 0.1) is 46.6 Å². The molecule has 1 saturated heterocycles. The summed E-state index contributed by atoms with van der Waals surface area (Å²) in [5.41, 5.74) is 8.94. The van der Waals surface area contributed by atoms with Crippen LogP contribution in [0.4, 0.5) is 4.79 Å². The normalized spacial score (nSPS) is 17.2. The van der Waals surface area contributed by atoms with Gasteiger partial charge in [0.25, 0.3) is 5.91 Å². The molecule has 5 heterocycles. The Morgan fingerprint density at radius 3 is 2.29 bits per heavy atom. The van der Waals surface area contributed by atoms with Crippen LogP contribution >= 0.6 is 22.7 Å². The molecule has 4 amide bonds. The minimum Gasteiger partial charge on any atom is -0.482 e. The number of amides is 4. The van der Waals surface area contributed by atoms with E-state index in [1.165, 1.54) is 12.0 Å². The molecule has 5 atom stereocenters. The molecule has 1 unspecified atom stereocenters. The number of methoxy groups -OCH3 is 1. The molecule has 70 heavy (non-hydrogen) atoms. The van der Waals surface area contributed by atoms with Crippen molar-refractivity contribution in [2.75, 3.05) is 20.3 Å². The van der Waals surface area contributed by atoms with Crippen LogP contribution in [0.2, 0.25) is 0 Å². The summed E-state index contributed by atoms with van der Waals surface area (Å²) in [5, 5.41) is 39.1. The van der Waals surface area contributed by atoms with Gasteiger partial charge >= 0.3 is 6.09 Å². The third-order valence-corrected chi connectivity index (χ3v) is 14.8.